The molecule has 1 aliphatic rings. The first-order valence-electron chi connectivity index (χ1n) is 14.5. The van der Waals surface area contributed by atoms with Crippen LogP contribution in [0.3, 0.4) is 0 Å². The molecule has 1 saturated heterocycles. The third-order valence-corrected chi connectivity index (χ3v) is 7.89. The molecule has 5 aromatic rings. The molecule has 0 saturated carbocycles. The van der Waals surface area contributed by atoms with Gasteiger partial charge in [-0.3, -0.25) is 14.7 Å². The molecule has 7 heteroatoms. The number of aromatic nitrogens is 1. The Labute approximate surface area is 248 Å². The number of fused-ring (bicyclic) bond motifs is 1. The molecule has 2 heterocycles. The molecule has 1 fully saturated rings. The highest BCUT2D eigenvalue weighted by atomic mass is 19.4. The lowest BCUT2D eigenvalue weighted by Crippen LogP contribution is -2.29. The molecule has 0 spiro atoms. The quantitative estimate of drug-likeness (QED) is 0.172. The van der Waals surface area contributed by atoms with E-state index in [2.05, 4.69) is 34.1 Å². The van der Waals surface area contributed by atoms with Gasteiger partial charge < -0.3 is 4.74 Å². The number of likely N-dealkylation sites (tertiary alicyclic amines) is 1. The third-order valence-electron chi connectivity index (χ3n) is 7.89. The molecular formula is C36H31F3N2O2. The predicted octanol–water partition coefficient (Wildman–Crippen LogP) is 8.72. The van der Waals surface area contributed by atoms with Gasteiger partial charge in [0.25, 0.3) is 0 Å². The molecule has 4 aromatic carbocycles. The average Bonchev–Trinajstić information content (AvgIpc) is 3.04. The number of ether oxygens (including phenoxy) is 1. The summed E-state index contributed by atoms with van der Waals surface area (Å²) in [4.78, 5) is 20.2. The summed E-state index contributed by atoms with van der Waals surface area (Å²) >= 11 is 0. The largest absolute Gasteiger partial charge is 0.489 e. The Kier molecular flexibility index (Phi) is 8.25. The number of piperidine rings is 1. The fourth-order valence-electron chi connectivity index (χ4n) is 5.70. The monoisotopic (exact) mass is 580 g/mol. The zero-order chi connectivity index (χ0) is 29.8. The molecule has 0 N–H and O–H groups in total. The molecule has 0 bridgehead atoms. The molecule has 0 radical (unpaired) electrons. The minimum atomic E-state index is -4.59. The molecule has 0 amide bonds. The van der Waals surface area contributed by atoms with E-state index in [1.165, 1.54) is 37.1 Å². The Bertz CT molecular complexity index is 1730. The summed E-state index contributed by atoms with van der Waals surface area (Å²) in [5, 5.41) is 0.248. The smallest absolute Gasteiger partial charge is 0.418 e. The predicted molar refractivity (Wildman–Crippen MR) is 162 cm³/mol. The van der Waals surface area contributed by atoms with Gasteiger partial charge in [-0.2, -0.15) is 13.2 Å². The van der Waals surface area contributed by atoms with E-state index in [0.717, 1.165) is 31.3 Å². The Balaban J connectivity index is 1.31. The third kappa shape index (κ3) is 6.47. The van der Waals surface area contributed by atoms with E-state index in [-0.39, 0.29) is 22.2 Å². The number of para-hydroxylation sites is 1. The van der Waals surface area contributed by atoms with Gasteiger partial charge in [-0.25, -0.2) is 0 Å². The van der Waals surface area contributed by atoms with Crippen LogP contribution in [0.25, 0.3) is 22.0 Å². The summed E-state index contributed by atoms with van der Waals surface area (Å²) in [5.41, 5.74) is 2.83. The molecule has 0 atom stereocenters. The Morgan fingerprint density at radius 1 is 0.814 bits per heavy atom. The number of halogens is 3. The highest BCUT2D eigenvalue weighted by molar-refractivity contribution is 6.16. The normalized spacial score (nSPS) is 14.1. The second-order valence-corrected chi connectivity index (χ2v) is 10.9. The van der Waals surface area contributed by atoms with Crippen LogP contribution in [0.5, 0.6) is 5.75 Å². The number of nitrogens with zero attached hydrogens (tertiary/aromatic N) is 2. The molecule has 1 aliphatic heterocycles. The van der Waals surface area contributed by atoms with E-state index in [1.807, 2.05) is 0 Å². The first kappa shape index (κ1) is 28.6. The average molecular weight is 581 g/mol. The van der Waals surface area contributed by atoms with Gasteiger partial charge in [0.15, 0.2) is 5.78 Å². The Morgan fingerprint density at radius 2 is 1.53 bits per heavy atom. The van der Waals surface area contributed by atoms with Crippen molar-refractivity contribution in [2.75, 3.05) is 13.1 Å². The molecular weight excluding hydrogens is 549 g/mol. The lowest BCUT2D eigenvalue weighted by Gasteiger charge is -2.26. The van der Waals surface area contributed by atoms with Crippen LogP contribution in [-0.4, -0.2) is 28.8 Å². The second-order valence-electron chi connectivity index (χ2n) is 10.9. The summed E-state index contributed by atoms with van der Waals surface area (Å²) in [6, 6.07) is 28.1. The van der Waals surface area contributed by atoms with E-state index in [9.17, 15) is 18.0 Å². The number of alkyl halides is 3. The summed E-state index contributed by atoms with van der Waals surface area (Å²) < 4.78 is 47.9. The fraction of sp³-hybridized carbons (Fsp3) is 0.222. The lowest BCUT2D eigenvalue weighted by atomic mass is 9.91. The van der Waals surface area contributed by atoms with Crippen LogP contribution < -0.4 is 4.74 Å². The first-order chi connectivity index (χ1) is 20.9. The topological polar surface area (TPSA) is 42.4 Å². The number of carbonyl (C=O) groups is 1. The number of carbonyl (C=O) groups excluding carboxylic acids is 1. The maximum atomic E-state index is 13.9. The summed E-state index contributed by atoms with van der Waals surface area (Å²) in [7, 11) is 0. The van der Waals surface area contributed by atoms with Crippen molar-refractivity contribution in [1.82, 2.24) is 9.88 Å². The van der Waals surface area contributed by atoms with Crippen LogP contribution in [0.1, 0.15) is 51.9 Å². The number of benzene rings is 4. The highest BCUT2D eigenvalue weighted by Gasteiger charge is 2.34. The summed E-state index contributed by atoms with van der Waals surface area (Å²) in [6.07, 6.45) is 0.478. The lowest BCUT2D eigenvalue weighted by molar-refractivity contribution is -0.136. The van der Waals surface area contributed by atoms with Crippen molar-refractivity contribution in [3.8, 4) is 16.9 Å². The highest BCUT2D eigenvalue weighted by Crippen LogP contribution is 2.39. The van der Waals surface area contributed by atoms with Crippen molar-refractivity contribution in [3.63, 3.8) is 0 Å². The van der Waals surface area contributed by atoms with Gasteiger partial charge in [0.05, 0.1) is 11.1 Å². The number of ketones is 1. The van der Waals surface area contributed by atoms with Crippen molar-refractivity contribution >= 4 is 16.7 Å². The van der Waals surface area contributed by atoms with Crippen LogP contribution in [-0.2, 0) is 19.3 Å². The van der Waals surface area contributed by atoms with E-state index in [1.54, 1.807) is 60.7 Å². The second kappa shape index (κ2) is 12.4. The molecule has 1 aromatic heterocycles. The van der Waals surface area contributed by atoms with Crippen molar-refractivity contribution < 1.29 is 22.7 Å². The maximum Gasteiger partial charge on any atom is 0.418 e. The molecule has 0 unspecified atom stereocenters. The number of hydrogen-bond donors (Lipinski definition) is 0. The number of hydrogen-bond acceptors (Lipinski definition) is 4. The van der Waals surface area contributed by atoms with Gasteiger partial charge >= 0.3 is 6.18 Å². The van der Waals surface area contributed by atoms with Gasteiger partial charge in [-0.05, 0) is 60.8 Å². The van der Waals surface area contributed by atoms with E-state index in [4.69, 9.17) is 4.74 Å². The summed E-state index contributed by atoms with van der Waals surface area (Å²) in [6.45, 7) is 3.57. The van der Waals surface area contributed by atoms with Gasteiger partial charge in [0.1, 0.15) is 12.4 Å². The van der Waals surface area contributed by atoms with E-state index in [0.29, 0.717) is 29.0 Å². The van der Waals surface area contributed by atoms with Gasteiger partial charge in [0.2, 0.25) is 0 Å². The SMILES string of the molecule is O=C(c1ccccc1)c1cnc2c(C(F)(F)F)cccc2c1-c1cccc(OCc2ccc(CN3CCCCC3)cc2)c1. The standard InChI is InChI=1S/C36H31F3N2O2/c37-36(38,39)32-14-8-13-30-33(31(22-40-34(30)32)35(42)27-9-3-1-4-10-27)28-11-7-12-29(21-28)43-24-26-17-15-25(16-18-26)23-41-19-5-2-6-20-41/h1,3-4,7-18,21-22H,2,5-6,19-20,23-24H2. The van der Waals surface area contributed by atoms with Crippen molar-refractivity contribution in [2.45, 2.75) is 38.6 Å². The number of pyridine rings is 1. The molecule has 218 valence electrons. The summed E-state index contributed by atoms with van der Waals surface area (Å²) in [5.74, 6) is 0.225. The van der Waals surface area contributed by atoms with Gasteiger partial charge in [0, 0.05) is 34.8 Å². The molecule has 43 heavy (non-hydrogen) atoms. The van der Waals surface area contributed by atoms with Crippen LogP contribution in [0.15, 0.2) is 103 Å². The van der Waals surface area contributed by atoms with Crippen LogP contribution in [0.4, 0.5) is 13.2 Å². The maximum absolute atomic E-state index is 13.9. The minimum absolute atomic E-state index is 0.203. The van der Waals surface area contributed by atoms with Gasteiger partial charge in [-0.1, -0.05) is 85.3 Å². The van der Waals surface area contributed by atoms with Crippen LogP contribution in [0, 0.1) is 0 Å². The van der Waals surface area contributed by atoms with Crippen LogP contribution >= 0.6 is 0 Å². The minimum Gasteiger partial charge on any atom is -0.489 e. The van der Waals surface area contributed by atoms with Crippen molar-refractivity contribution in [2.24, 2.45) is 0 Å². The van der Waals surface area contributed by atoms with E-state index >= 15 is 0 Å². The molecule has 6 rings (SSSR count). The fourth-order valence-corrected chi connectivity index (χ4v) is 5.70. The zero-order valence-electron chi connectivity index (χ0n) is 23.6. The number of rotatable bonds is 8. The Hall–Kier alpha value is -4.49. The first-order valence-corrected chi connectivity index (χ1v) is 14.5. The molecule has 4 nitrogen and oxygen atoms in total. The Morgan fingerprint density at radius 3 is 2.28 bits per heavy atom. The van der Waals surface area contributed by atoms with Crippen LogP contribution in [0.2, 0.25) is 0 Å². The van der Waals surface area contributed by atoms with Gasteiger partial charge in [-0.15, -0.1) is 0 Å². The van der Waals surface area contributed by atoms with Crippen molar-refractivity contribution in [1.29, 1.82) is 0 Å². The van der Waals surface area contributed by atoms with E-state index < -0.39 is 11.7 Å². The zero-order valence-corrected chi connectivity index (χ0v) is 23.6. The van der Waals surface area contributed by atoms with Crippen molar-refractivity contribution in [3.05, 3.63) is 131 Å². The molecule has 0 aliphatic carbocycles.